The first-order chi connectivity index (χ1) is 11.9. The minimum Gasteiger partial charge on any atom is -0.463 e. The van der Waals surface area contributed by atoms with Gasteiger partial charge in [0.25, 0.3) is 0 Å². The van der Waals surface area contributed by atoms with Crippen molar-refractivity contribution in [3.8, 4) is 5.69 Å². The van der Waals surface area contributed by atoms with Crippen molar-refractivity contribution in [3.05, 3.63) is 78.0 Å². The molecule has 4 heterocycles. The number of hydrogen-bond donors (Lipinski definition) is 2. The van der Waals surface area contributed by atoms with Crippen molar-refractivity contribution in [1.82, 2.24) is 25.0 Å². The van der Waals surface area contributed by atoms with Gasteiger partial charge in [-0.1, -0.05) is 0 Å². The molecular formula is C18H15N5O. The van der Waals surface area contributed by atoms with Gasteiger partial charge < -0.3 is 9.40 Å². The second-order valence-electron chi connectivity index (χ2n) is 5.20. The minimum atomic E-state index is 0.749. The van der Waals surface area contributed by atoms with Crippen molar-refractivity contribution in [3.63, 3.8) is 0 Å². The molecule has 6 nitrogen and oxygen atoms in total. The van der Waals surface area contributed by atoms with Crippen molar-refractivity contribution >= 4 is 24.3 Å². The molecule has 0 spiro atoms. The quantitative estimate of drug-likeness (QED) is 0.587. The molecule has 0 atom stereocenters. The number of H-pyrrole nitrogens is 2. The Labute approximate surface area is 138 Å². The van der Waals surface area contributed by atoms with Gasteiger partial charge in [-0.15, -0.1) is 0 Å². The molecule has 4 aromatic heterocycles. The van der Waals surface area contributed by atoms with Crippen LogP contribution in [0.15, 0.2) is 59.6 Å². The Kier molecular flexibility index (Phi) is 3.69. The van der Waals surface area contributed by atoms with Crippen LogP contribution in [-0.4, -0.2) is 25.0 Å². The van der Waals surface area contributed by atoms with Crippen molar-refractivity contribution in [2.75, 3.05) is 0 Å². The second-order valence-corrected chi connectivity index (χ2v) is 5.20. The smallest absolute Gasteiger partial charge is 0.128 e. The van der Waals surface area contributed by atoms with Crippen LogP contribution in [0.5, 0.6) is 0 Å². The van der Waals surface area contributed by atoms with E-state index in [1.165, 1.54) is 0 Å². The number of nitrogens with zero attached hydrogens (tertiary/aromatic N) is 3. The number of rotatable bonds is 5. The van der Waals surface area contributed by atoms with E-state index < -0.39 is 0 Å². The van der Waals surface area contributed by atoms with Crippen molar-refractivity contribution in [2.24, 2.45) is 0 Å². The van der Waals surface area contributed by atoms with Gasteiger partial charge in [-0.3, -0.25) is 5.10 Å². The molecule has 0 saturated heterocycles. The lowest BCUT2D eigenvalue weighted by atomic mass is 10.3. The van der Waals surface area contributed by atoms with Crippen LogP contribution < -0.4 is 0 Å². The standard InChI is InChI=1S/C18H15N5O/c1-2-14(19-9-1)3-4-16-8-11-23(22-16)17-12-18(24-13-17)6-5-15-7-10-20-21-15/h1-13,19H,(H,20,21)/b4-3?,6-5+. The lowest BCUT2D eigenvalue weighted by molar-refractivity contribution is 0.554. The van der Waals surface area contributed by atoms with Gasteiger partial charge in [0.2, 0.25) is 0 Å². The van der Waals surface area contributed by atoms with E-state index in [0.717, 1.165) is 28.5 Å². The molecule has 0 aliphatic carbocycles. The molecule has 0 amide bonds. The Balaban J connectivity index is 1.48. The zero-order valence-corrected chi connectivity index (χ0v) is 12.8. The van der Waals surface area contributed by atoms with E-state index in [2.05, 4.69) is 20.3 Å². The fraction of sp³-hybridized carbons (Fsp3) is 0. The third kappa shape index (κ3) is 3.12. The highest BCUT2D eigenvalue weighted by atomic mass is 16.3. The van der Waals surface area contributed by atoms with E-state index >= 15 is 0 Å². The summed E-state index contributed by atoms with van der Waals surface area (Å²) in [6.45, 7) is 0. The molecule has 0 aliphatic heterocycles. The van der Waals surface area contributed by atoms with Gasteiger partial charge in [-0.05, 0) is 48.6 Å². The third-order valence-electron chi connectivity index (χ3n) is 3.49. The van der Waals surface area contributed by atoms with Crippen LogP contribution in [0.4, 0.5) is 0 Å². The fourth-order valence-corrected chi connectivity index (χ4v) is 2.27. The highest BCUT2D eigenvalue weighted by Crippen LogP contribution is 2.16. The summed E-state index contributed by atoms with van der Waals surface area (Å²) in [6.07, 6.45) is 14.9. The van der Waals surface area contributed by atoms with Crippen LogP contribution in [0.3, 0.4) is 0 Å². The van der Waals surface area contributed by atoms with Crippen LogP contribution in [0.2, 0.25) is 0 Å². The highest BCUT2D eigenvalue weighted by Gasteiger charge is 2.03. The van der Waals surface area contributed by atoms with E-state index in [1.54, 1.807) is 17.1 Å². The molecule has 0 radical (unpaired) electrons. The van der Waals surface area contributed by atoms with Crippen molar-refractivity contribution < 1.29 is 4.42 Å². The van der Waals surface area contributed by atoms with Gasteiger partial charge in [-0.2, -0.15) is 10.2 Å². The maximum absolute atomic E-state index is 5.54. The predicted octanol–water partition coefficient (Wildman–Crippen LogP) is 3.86. The Morgan fingerprint density at radius 1 is 1.04 bits per heavy atom. The normalized spacial score (nSPS) is 11.8. The van der Waals surface area contributed by atoms with Gasteiger partial charge in [-0.25, -0.2) is 4.68 Å². The first-order valence-corrected chi connectivity index (χ1v) is 7.50. The molecular weight excluding hydrogens is 302 g/mol. The monoisotopic (exact) mass is 317 g/mol. The Bertz CT molecular complexity index is 875. The molecule has 6 heteroatoms. The zero-order valence-electron chi connectivity index (χ0n) is 12.8. The maximum Gasteiger partial charge on any atom is 0.128 e. The van der Waals surface area contributed by atoms with Gasteiger partial charge >= 0.3 is 0 Å². The topological polar surface area (TPSA) is 75.4 Å². The van der Waals surface area contributed by atoms with E-state index in [4.69, 9.17) is 4.42 Å². The van der Waals surface area contributed by atoms with Crippen LogP contribution >= 0.6 is 0 Å². The summed E-state index contributed by atoms with van der Waals surface area (Å²) in [6, 6.07) is 9.73. The van der Waals surface area contributed by atoms with Gasteiger partial charge in [0.15, 0.2) is 0 Å². The second kappa shape index (κ2) is 6.29. The van der Waals surface area contributed by atoms with E-state index in [-0.39, 0.29) is 0 Å². The summed E-state index contributed by atoms with van der Waals surface area (Å²) in [5.74, 6) is 0.749. The molecule has 4 rings (SSSR count). The molecule has 0 bridgehead atoms. The Morgan fingerprint density at radius 3 is 2.83 bits per heavy atom. The first-order valence-electron chi connectivity index (χ1n) is 7.50. The van der Waals surface area contributed by atoms with Crippen molar-refractivity contribution in [1.29, 1.82) is 0 Å². The van der Waals surface area contributed by atoms with E-state index in [0.29, 0.717) is 0 Å². The molecule has 4 aromatic rings. The van der Waals surface area contributed by atoms with E-state index in [1.807, 2.05) is 67.0 Å². The zero-order chi connectivity index (χ0) is 16.2. The molecule has 0 fully saturated rings. The van der Waals surface area contributed by atoms with Gasteiger partial charge in [0, 0.05) is 30.4 Å². The van der Waals surface area contributed by atoms with Crippen LogP contribution in [0.25, 0.3) is 30.0 Å². The SMILES string of the molecule is C(=Cc1ccc[nH]1)c1ccn(-c2coc(/C=C/c3ccn[nH]3)c2)n1. The molecule has 0 aliphatic rings. The largest absolute Gasteiger partial charge is 0.463 e. The molecule has 24 heavy (non-hydrogen) atoms. The number of hydrogen-bond acceptors (Lipinski definition) is 3. The van der Waals surface area contributed by atoms with E-state index in [9.17, 15) is 0 Å². The molecule has 0 aromatic carbocycles. The summed E-state index contributed by atoms with van der Waals surface area (Å²) in [5.41, 5.74) is 3.71. The number of aromatic nitrogens is 5. The number of nitrogens with one attached hydrogen (secondary N) is 2. The summed E-state index contributed by atoms with van der Waals surface area (Å²) in [7, 11) is 0. The molecule has 2 N–H and O–H groups in total. The number of furan rings is 1. The third-order valence-corrected chi connectivity index (χ3v) is 3.49. The van der Waals surface area contributed by atoms with Gasteiger partial charge in [0.1, 0.15) is 17.7 Å². The van der Waals surface area contributed by atoms with Crippen molar-refractivity contribution in [2.45, 2.75) is 0 Å². The Morgan fingerprint density at radius 2 is 2.00 bits per heavy atom. The minimum absolute atomic E-state index is 0.749. The average molecular weight is 317 g/mol. The maximum atomic E-state index is 5.54. The number of aromatic amines is 2. The average Bonchev–Trinajstić information content (AvgIpc) is 3.40. The van der Waals surface area contributed by atoms with Crippen LogP contribution in [0, 0.1) is 0 Å². The highest BCUT2D eigenvalue weighted by molar-refractivity contribution is 5.67. The lowest BCUT2D eigenvalue weighted by Gasteiger charge is -1.93. The van der Waals surface area contributed by atoms with Crippen LogP contribution in [-0.2, 0) is 0 Å². The summed E-state index contributed by atoms with van der Waals surface area (Å²) >= 11 is 0. The molecule has 0 saturated carbocycles. The summed E-state index contributed by atoms with van der Waals surface area (Å²) in [4.78, 5) is 3.12. The fourth-order valence-electron chi connectivity index (χ4n) is 2.27. The summed E-state index contributed by atoms with van der Waals surface area (Å²) in [5, 5.41) is 11.3. The predicted molar refractivity (Wildman–Crippen MR) is 93.1 cm³/mol. The summed E-state index contributed by atoms with van der Waals surface area (Å²) < 4.78 is 7.32. The van der Waals surface area contributed by atoms with Crippen LogP contribution in [0.1, 0.15) is 22.8 Å². The molecule has 118 valence electrons. The molecule has 0 unspecified atom stereocenters. The lowest BCUT2D eigenvalue weighted by Crippen LogP contribution is -1.92. The Hall–Kier alpha value is -3.54. The van der Waals surface area contributed by atoms with Gasteiger partial charge in [0.05, 0.1) is 11.4 Å². The first kappa shape index (κ1) is 14.1.